The smallest absolute Gasteiger partial charge is 0.168 e. The van der Waals surface area contributed by atoms with Gasteiger partial charge in [-0.3, -0.25) is 9.79 Å². The summed E-state index contributed by atoms with van der Waals surface area (Å²) < 4.78 is 6.28. The van der Waals surface area contributed by atoms with Crippen molar-refractivity contribution in [2.75, 3.05) is 0 Å². The fraction of sp³-hybridized carbons (Fsp3) is 0.440. The van der Waals surface area contributed by atoms with Gasteiger partial charge in [-0.2, -0.15) is 0 Å². The molecule has 0 fully saturated rings. The normalized spacial score (nSPS) is 20.3. The molecular formula is C25H30Cl2N2O2. The Morgan fingerprint density at radius 2 is 1.71 bits per heavy atom. The highest BCUT2D eigenvalue weighted by atomic mass is 35.5. The van der Waals surface area contributed by atoms with E-state index in [0.29, 0.717) is 28.1 Å². The lowest BCUT2D eigenvalue weighted by molar-refractivity contribution is -0.131. The summed E-state index contributed by atoms with van der Waals surface area (Å²) >= 11 is 12.5. The fourth-order valence-electron chi connectivity index (χ4n) is 4.56. The van der Waals surface area contributed by atoms with E-state index in [0.717, 1.165) is 29.5 Å². The summed E-state index contributed by atoms with van der Waals surface area (Å²) in [7, 11) is 0. The molecular weight excluding hydrogens is 431 g/mol. The summed E-state index contributed by atoms with van der Waals surface area (Å²) in [4.78, 5) is 18.8. The van der Waals surface area contributed by atoms with E-state index in [1.165, 1.54) is 0 Å². The number of amidine groups is 1. The molecule has 0 aromatic heterocycles. The van der Waals surface area contributed by atoms with Gasteiger partial charge >= 0.3 is 0 Å². The lowest BCUT2D eigenvalue weighted by atomic mass is 9.70. The van der Waals surface area contributed by atoms with Crippen LogP contribution in [0.25, 0.3) is 11.1 Å². The SMILES string of the molecule is CCC(CC)C(=O)C1(N=C(C)N)CC(C)(C)Oc2ccc(-c3cc(Cl)cc(Cl)c3)cc21. The second-order valence-electron chi connectivity index (χ2n) is 8.90. The Labute approximate surface area is 194 Å². The molecule has 2 aromatic carbocycles. The summed E-state index contributed by atoms with van der Waals surface area (Å²) in [6, 6.07) is 11.2. The van der Waals surface area contributed by atoms with Crippen molar-refractivity contribution in [3.63, 3.8) is 0 Å². The van der Waals surface area contributed by atoms with E-state index in [-0.39, 0.29) is 11.7 Å². The van der Waals surface area contributed by atoms with Crippen LogP contribution in [0, 0.1) is 5.92 Å². The van der Waals surface area contributed by atoms with Gasteiger partial charge in [-0.15, -0.1) is 0 Å². The second-order valence-corrected chi connectivity index (χ2v) is 9.77. The number of carbonyl (C=O) groups is 1. The van der Waals surface area contributed by atoms with Crippen molar-refractivity contribution in [1.82, 2.24) is 0 Å². The highest BCUT2D eigenvalue weighted by Crippen LogP contribution is 2.49. The minimum absolute atomic E-state index is 0.0844. The van der Waals surface area contributed by atoms with Crippen molar-refractivity contribution in [3.05, 3.63) is 52.0 Å². The van der Waals surface area contributed by atoms with Crippen LogP contribution < -0.4 is 10.5 Å². The second kappa shape index (κ2) is 8.84. The zero-order valence-electron chi connectivity index (χ0n) is 18.8. The topological polar surface area (TPSA) is 64.7 Å². The molecule has 31 heavy (non-hydrogen) atoms. The largest absolute Gasteiger partial charge is 0.487 e. The first kappa shape index (κ1) is 23.6. The number of ether oxygens (including phenoxy) is 1. The maximum absolute atomic E-state index is 14.0. The monoisotopic (exact) mass is 460 g/mol. The molecule has 166 valence electrons. The van der Waals surface area contributed by atoms with Crippen LogP contribution in [0.2, 0.25) is 10.0 Å². The number of benzene rings is 2. The van der Waals surface area contributed by atoms with Crippen molar-refractivity contribution in [3.8, 4) is 16.9 Å². The molecule has 6 heteroatoms. The van der Waals surface area contributed by atoms with E-state index in [9.17, 15) is 4.79 Å². The molecule has 0 amide bonds. The third kappa shape index (κ3) is 4.75. The molecule has 3 rings (SSSR count). The van der Waals surface area contributed by atoms with Gasteiger partial charge in [0.25, 0.3) is 0 Å². The Balaban J connectivity index is 2.30. The molecule has 0 saturated carbocycles. The van der Waals surface area contributed by atoms with Crippen molar-refractivity contribution >= 4 is 34.8 Å². The molecule has 1 aliphatic rings. The Kier molecular flexibility index (Phi) is 6.73. The van der Waals surface area contributed by atoms with Gasteiger partial charge < -0.3 is 10.5 Å². The molecule has 1 atom stereocenters. The van der Waals surface area contributed by atoms with Crippen molar-refractivity contribution in [2.45, 2.75) is 65.0 Å². The van der Waals surface area contributed by atoms with Crippen LogP contribution in [0.4, 0.5) is 0 Å². The minimum atomic E-state index is -1.11. The number of rotatable bonds is 6. The summed E-state index contributed by atoms with van der Waals surface area (Å²) in [6.07, 6.45) is 1.91. The minimum Gasteiger partial charge on any atom is -0.487 e. The molecule has 2 aromatic rings. The average Bonchev–Trinajstić information content (AvgIpc) is 2.66. The van der Waals surface area contributed by atoms with Crippen molar-refractivity contribution in [1.29, 1.82) is 0 Å². The highest BCUT2D eigenvalue weighted by Gasteiger charge is 2.51. The number of carbonyl (C=O) groups excluding carboxylic acids is 1. The van der Waals surface area contributed by atoms with Crippen LogP contribution in [-0.4, -0.2) is 17.2 Å². The van der Waals surface area contributed by atoms with Gasteiger partial charge in [0.2, 0.25) is 0 Å². The van der Waals surface area contributed by atoms with Crippen LogP contribution in [0.1, 0.15) is 59.4 Å². The van der Waals surface area contributed by atoms with Crippen LogP contribution in [0.3, 0.4) is 0 Å². The Morgan fingerprint density at radius 3 is 2.26 bits per heavy atom. The predicted molar refractivity (Wildman–Crippen MR) is 129 cm³/mol. The third-order valence-electron chi connectivity index (χ3n) is 5.82. The number of nitrogens with two attached hydrogens (primary N) is 1. The number of nitrogens with zero attached hydrogens (tertiary/aromatic N) is 1. The molecule has 2 N–H and O–H groups in total. The molecule has 4 nitrogen and oxygen atoms in total. The fourth-order valence-corrected chi connectivity index (χ4v) is 5.09. The summed E-state index contributed by atoms with van der Waals surface area (Å²) in [5, 5.41) is 1.10. The molecule has 0 radical (unpaired) electrons. The van der Waals surface area contributed by atoms with Crippen molar-refractivity contribution in [2.24, 2.45) is 16.6 Å². The Bertz CT molecular complexity index is 1000. The van der Waals surface area contributed by atoms with Crippen LogP contribution in [0.5, 0.6) is 5.75 Å². The highest BCUT2D eigenvalue weighted by molar-refractivity contribution is 6.35. The summed E-state index contributed by atoms with van der Waals surface area (Å²) in [5.41, 5.74) is 6.89. The summed E-state index contributed by atoms with van der Waals surface area (Å²) in [5.74, 6) is 0.993. The van der Waals surface area contributed by atoms with E-state index in [4.69, 9.17) is 38.7 Å². The number of halogens is 2. The number of hydrogen-bond acceptors (Lipinski definition) is 3. The molecule has 1 aliphatic heterocycles. The number of ketones is 1. The maximum Gasteiger partial charge on any atom is 0.168 e. The summed E-state index contributed by atoms with van der Waals surface area (Å²) in [6.45, 7) is 9.77. The number of hydrogen-bond donors (Lipinski definition) is 1. The average molecular weight is 461 g/mol. The third-order valence-corrected chi connectivity index (χ3v) is 6.26. The van der Waals surface area contributed by atoms with Crippen LogP contribution in [0.15, 0.2) is 41.4 Å². The van der Waals surface area contributed by atoms with E-state index >= 15 is 0 Å². The van der Waals surface area contributed by atoms with Crippen molar-refractivity contribution < 1.29 is 9.53 Å². The van der Waals surface area contributed by atoms with E-state index in [2.05, 4.69) is 0 Å². The number of aliphatic imine (C=N–C) groups is 1. The number of fused-ring (bicyclic) bond motifs is 1. The first-order valence-corrected chi connectivity index (χ1v) is 11.4. The van der Waals surface area contributed by atoms with Gasteiger partial charge in [0, 0.05) is 27.9 Å². The van der Waals surface area contributed by atoms with Gasteiger partial charge in [-0.05, 0) is 75.1 Å². The molecule has 0 aliphatic carbocycles. The molecule has 0 saturated heterocycles. The maximum atomic E-state index is 14.0. The Morgan fingerprint density at radius 1 is 1.10 bits per heavy atom. The molecule has 0 spiro atoms. The predicted octanol–water partition coefficient (Wildman–Crippen LogP) is 6.80. The van der Waals surface area contributed by atoms with Crippen LogP contribution in [-0.2, 0) is 10.3 Å². The van der Waals surface area contributed by atoms with Gasteiger partial charge in [-0.1, -0.05) is 43.1 Å². The van der Waals surface area contributed by atoms with E-state index in [1.807, 2.05) is 58.0 Å². The first-order valence-electron chi connectivity index (χ1n) is 10.7. The standard InChI is InChI=1S/C25H30Cl2N2O2/c1-6-16(7-2)23(30)25(29-15(3)28)14-24(4,5)31-22-9-8-17(12-21(22)25)18-10-19(26)13-20(27)11-18/h8-13,16H,6-7,14H2,1-5H3,(H2,28,29). The van der Waals surface area contributed by atoms with E-state index < -0.39 is 11.1 Å². The zero-order valence-corrected chi connectivity index (χ0v) is 20.3. The van der Waals surface area contributed by atoms with Gasteiger partial charge in [0.05, 0.1) is 5.84 Å². The molecule has 1 unspecified atom stereocenters. The van der Waals surface area contributed by atoms with Crippen LogP contribution >= 0.6 is 23.2 Å². The van der Waals surface area contributed by atoms with Gasteiger partial charge in [0.1, 0.15) is 11.4 Å². The lowest BCUT2D eigenvalue weighted by Crippen LogP contribution is -2.50. The van der Waals surface area contributed by atoms with E-state index in [1.54, 1.807) is 13.0 Å². The Hall–Kier alpha value is -2.04. The van der Waals surface area contributed by atoms with Gasteiger partial charge in [-0.25, -0.2) is 0 Å². The zero-order chi connectivity index (χ0) is 23.0. The first-order chi connectivity index (χ1) is 14.5. The number of Topliss-reactive ketones (excluding diaryl/α,β-unsaturated/α-hetero) is 1. The lowest BCUT2D eigenvalue weighted by Gasteiger charge is -2.44. The molecule has 1 heterocycles. The quantitative estimate of drug-likeness (QED) is 0.380. The van der Waals surface area contributed by atoms with Gasteiger partial charge in [0.15, 0.2) is 11.3 Å². The molecule has 0 bridgehead atoms.